The van der Waals surface area contributed by atoms with Crippen LogP contribution in [0.1, 0.15) is 74.5 Å². The minimum Gasteiger partial charge on any atom is -0.364 e. The number of aliphatic imine (C=N–C) groups is 3. The van der Waals surface area contributed by atoms with Crippen LogP contribution in [0.25, 0.3) is 10.9 Å². The van der Waals surface area contributed by atoms with E-state index in [0.29, 0.717) is 12.5 Å². The van der Waals surface area contributed by atoms with E-state index in [-0.39, 0.29) is 6.29 Å². The van der Waals surface area contributed by atoms with Crippen LogP contribution in [-0.2, 0) is 6.54 Å². The molecule has 0 bridgehead atoms. The Labute approximate surface area is 197 Å². The average Bonchev–Trinajstić information content (AvgIpc) is 3.38. The van der Waals surface area contributed by atoms with Gasteiger partial charge in [0.25, 0.3) is 0 Å². The van der Waals surface area contributed by atoms with E-state index in [9.17, 15) is 0 Å². The molecule has 0 radical (unpaired) electrons. The highest BCUT2D eigenvalue weighted by Crippen LogP contribution is 2.24. The van der Waals surface area contributed by atoms with E-state index >= 15 is 0 Å². The third kappa shape index (κ3) is 4.65. The van der Waals surface area contributed by atoms with Crippen LogP contribution < -0.4 is 0 Å². The molecule has 1 aliphatic rings. The molecule has 1 aliphatic heterocycles. The number of aromatic amines is 2. The maximum Gasteiger partial charge on any atom is 0.217 e. The molecule has 4 rings (SSSR count). The Morgan fingerprint density at radius 3 is 2.73 bits per heavy atom. The summed E-state index contributed by atoms with van der Waals surface area (Å²) in [7, 11) is 2.06. The normalized spacial score (nSPS) is 18.6. The van der Waals surface area contributed by atoms with Crippen LogP contribution in [0.3, 0.4) is 0 Å². The zero-order valence-electron chi connectivity index (χ0n) is 21.0. The number of benzene rings is 1. The zero-order valence-corrected chi connectivity index (χ0v) is 21.0. The van der Waals surface area contributed by atoms with Crippen molar-refractivity contribution in [3.05, 3.63) is 58.5 Å². The van der Waals surface area contributed by atoms with Crippen molar-refractivity contribution >= 4 is 28.2 Å². The predicted molar refractivity (Wildman–Crippen MR) is 140 cm³/mol. The van der Waals surface area contributed by atoms with Gasteiger partial charge in [0.05, 0.1) is 6.54 Å². The van der Waals surface area contributed by atoms with Gasteiger partial charge in [0.15, 0.2) is 0 Å². The summed E-state index contributed by atoms with van der Waals surface area (Å²) in [6.07, 6.45) is 3.35. The molecule has 0 fully saturated rings. The van der Waals surface area contributed by atoms with E-state index in [1.54, 1.807) is 0 Å². The number of hydrogen-bond acceptors (Lipinski definition) is 3. The zero-order chi connectivity index (χ0) is 23.7. The summed E-state index contributed by atoms with van der Waals surface area (Å²) >= 11 is 0. The molecule has 1 unspecified atom stereocenters. The monoisotopic (exact) mass is 444 g/mol. The standard InChI is InChI=1S/C27H36N6/c1-8-23(21-11-12-28-26(21)16(2)3)32-27-30-17(4)13-25(33(27)7)29-15-20-9-10-24-22(14-20)18(5)19(6)31-24/h9-12,14,16,27-28,31H,8,13,15H2,1-7H3. The quantitative estimate of drug-likeness (QED) is 0.442. The summed E-state index contributed by atoms with van der Waals surface area (Å²) in [6.45, 7) is 13.6. The lowest BCUT2D eigenvalue weighted by Gasteiger charge is -2.31. The average molecular weight is 445 g/mol. The summed E-state index contributed by atoms with van der Waals surface area (Å²) in [5, 5.41) is 1.28. The van der Waals surface area contributed by atoms with Gasteiger partial charge in [-0.2, -0.15) is 0 Å². The Bertz CT molecular complexity index is 1240. The molecule has 6 heteroatoms. The lowest BCUT2D eigenvalue weighted by atomic mass is 10.0. The molecular weight excluding hydrogens is 408 g/mol. The van der Waals surface area contributed by atoms with Crippen LogP contribution >= 0.6 is 0 Å². The second-order valence-electron chi connectivity index (χ2n) is 9.37. The number of nitrogens with zero attached hydrogens (tertiary/aromatic N) is 4. The molecule has 1 aromatic carbocycles. The van der Waals surface area contributed by atoms with E-state index in [1.165, 1.54) is 39.0 Å². The van der Waals surface area contributed by atoms with Crippen LogP contribution in [0.4, 0.5) is 0 Å². The summed E-state index contributed by atoms with van der Waals surface area (Å²) in [5.74, 6) is 1.45. The summed E-state index contributed by atoms with van der Waals surface area (Å²) in [5.41, 5.74) is 9.52. The van der Waals surface area contributed by atoms with E-state index in [4.69, 9.17) is 15.0 Å². The Morgan fingerprint density at radius 2 is 2.00 bits per heavy atom. The van der Waals surface area contributed by atoms with Crippen LogP contribution in [-0.4, -0.2) is 45.5 Å². The maximum atomic E-state index is 5.08. The minimum atomic E-state index is -0.278. The Hall–Kier alpha value is -3.15. The second kappa shape index (κ2) is 9.38. The summed E-state index contributed by atoms with van der Waals surface area (Å²) < 4.78 is 0. The van der Waals surface area contributed by atoms with Crippen molar-refractivity contribution in [1.82, 2.24) is 14.9 Å². The number of aromatic nitrogens is 2. The van der Waals surface area contributed by atoms with Crippen molar-refractivity contribution in [3.63, 3.8) is 0 Å². The maximum absolute atomic E-state index is 5.08. The van der Waals surface area contributed by atoms with E-state index in [0.717, 1.165) is 30.1 Å². The SMILES string of the molecule is CCC(=NC1N=C(C)CC(=NCc2ccc3[nH]c(C)c(C)c3c2)N1C)c1cc[nH]c1C(C)C. The van der Waals surface area contributed by atoms with Crippen LogP contribution in [0.5, 0.6) is 0 Å². The minimum absolute atomic E-state index is 0.278. The molecule has 0 saturated carbocycles. The Balaban J connectivity index is 1.59. The molecule has 0 spiro atoms. The van der Waals surface area contributed by atoms with Crippen molar-refractivity contribution in [2.24, 2.45) is 15.0 Å². The van der Waals surface area contributed by atoms with Crippen molar-refractivity contribution < 1.29 is 0 Å². The molecule has 3 aromatic rings. The van der Waals surface area contributed by atoms with Gasteiger partial charge in [0.1, 0.15) is 5.84 Å². The Kier molecular flexibility index (Phi) is 6.54. The van der Waals surface area contributed by atoms with Gasteiger partial charge >= 0.3 is 0 Å². The van der Waals surface area contributed by atoms with Gasteiger partial charge in [-0.3, -0.25) is 4.99 Å². The molecular formula is C27H36N6. The molecule has 0 saturated heterocycles. The molecule has 3 heterocycles. The van der Waals surface area contributed by atoms with Crippen LogP contribution in [0, 0.1) is 13.8 Å². The van der Waals surface area contributed by atoms with Gasteiger partial charge in [-0.05, 0) is 62.4 Å². The molecule has 0 amide bonds. The van der Waals surface area contributed by atoms with Gasteiger partial charge in [0.2, 0.25) is 6.29 Å². The van der Waals surface area contributed by atoms with Gasteiger partial charge in [-0.1, -0.05) is 26.8 Å². The first kappa shape index (κ1) is 23.0. The van der Waals surface area contributed by atoms with Crippen molar-refractivity contribution in [3.8, 4) is 0 Å². The molecule has 2 aromatic heterocycles. The molecule has 1 atom stereocenters. The van der Waals surface area contributed by atoms with E-state index < -0.39 is 0 Å². The number of fused-ring (bicyclic) bond motifs is 1. The van der Waals surface area contributed by atoms with Crippen molar-refractivity contribution in [2.45, 2.75) is 73.1 Å². The summed E-state index contributed by atoms with van der Waals surface area (Å²) in [6, 6.07) is 8.71. The fraction of sp³-hybridized carbons (Fsp3) is 0.444. The Morgan fingerprint density at radius 1 is 1.21 bits per heavy atom. The first-order valence-corrected chi connectivity index (χ1v) is 11.9. The largest absolute Gasteiger partial charge is 0.364 e. The van der Waals surface area contributed by atoms with Gasteiger partial charge in [0, 0.05) is 58.9 Å². The highest BCUT2D eigenvalue weighted by Gasteiger charge is 2.24. The third-order valence-electron chi connectivity index (χ3n) is 6.59. The molecule has 6 nitrogen and oxygen atoms in total. The first-order chi connectivity index (χ1) is 15.8. The lowest BCUT2D eigenvalue weighted by Crippen LogP contribution is -2.40. The smallest absolute Gasteiger partial charge is 0.217 e. The van der Waals surface area contributed by atoms with Crippen LogP contribution in [0.2, 0.25) is 0 Å². The van der Waals surface area contributed by atoms with Crippen LogP contribution in [0.15, 0.2) is 45.4 Å². The topological polar surface area (TPSA) is 71.9 Å². The fourth-order valence-electron chi connectivity index (χ4n) is 4.49. The highest BCUT2D eigenvalue weighted by atomic mass is 15.4. The predicted octanol–water partition coefficient (Wildman–Crippen LogP) is 6.11. The first-order valence-electron chi connectivity index (χ1n) is 11.9. The van der Waals surface area contributed by atoms with Crippen molar-refractivity contribution in [2.75, 3.05) is 7.05 Å². The number of amidine groups is 1. The van der Waals surface area contributed by atoms with Crippen molar-refractivity contribution in [1.29, 1.82) is 0 Å². The third-order valence-corrected chi connectivity index (χ3v) is 6.59. The highest BCUT2D eigenvalue weighted by molar-refractivity contribution is 6.05. The lowest BCUT2D eigenvalue weighted by molar-refractivity contribution is 0.374. The van der Waals surface area contributed by atoms with E-state index in [1.807, 2.05) is 6.20 Å². The summed E-state index contributed by atoms with van der Waals surface area (Å²) in [4.78, 5) is 23.9. The number of rotatable bonds is 6. The van der Waals surface area contributed by atoms with Gasteiger partial charge < -0.3 is 14.9 Å². The molecule has 174 valence electrons. The molecule has 2 N–H and O–H groups in total. The number of nitrogens with one attached hydrogen (secondary N) is 2. The number of hydrogen-bond donors (Lipinski definition) is 2. The van der Waals surface area contributed by atoms with Gasteiger partial charge in [-0.15, -0.1) is 0 Å². The van der Waals surface area contributed by atoms with E-state index in [2.05, 4.69) is 87.7 Å². The molecule has 33 heavy (non-hydrogen) atoms. The number of aryl methyl sites for hydroxylation is 2. The second-order valence-corrected chi connectivity index (χ2v) is 9.37. The fourth-order valence-corrected chi connectivity index (χ4v) is 4.49. The number of H-pyrrole nitrogens is 2. The molecule has 0 aliphatic carbocycles. The van der Waals surface area contributed by atoms with Gasteiger partial charge in [-0.25, -0.2) is 9.98 Å².